The Kier molecular flexibility index (Phi) is 5.81. The van der Waals surface area contributed by atoms with E-state index in [-0.39, 0.29) is 5.91 Å². The third-order valence-electron chi connectivity index (χ3n) is 3.96. The first-order valence-corrected chi connectivity index (χ1v) is 8.65. The van der Waals surface area contributed by atoms with E-state index >= 15 is 0 Å². The van der Waals surface area contributed by atoms with Gasteiger partial charge in [-0.05, 0) is 36.2 Å². The summed E-state index contributed by atoms with van der Waals surface area (Å²) in [6.45, 7) is 0.507. The molecule has 3 rings (SSSR count). The molecule has 5 nitrogen and oxygen atoms in total. The highest BCUT2D eigenvalue weighted by atomic mass is 35.5. The highest BCUT2D eigenvalue weighted by Crippen LogP contribution is 2.20. The molecule has 1 heterocycles. The summed E-state index contributed by atoms with van der Waals surface area (Å²) in [4.78, 5) is 22.6. The number of hydrogen-bond donors (Lipinski definition) is 1. The summed E-state index contributed by atoms with van der Waals surface area (Å²) >= 11 is 5.97. The van der Waals surface area contributed by atoms with Crippen molar-refractivity contribution in [3.63, 3.8) is 0 Å². The number of halogens is 1. The van der Waals surface area contributed by atoms with Gasteiger partial charge in [-0.2, -0.15) is 0 Å². The van der Waals surface area contributed by atoms with Crippen molar-refractivity contribution < 1.29 is 4.79 Å². The van der Waals surface area contributed by atoms with Crippen LogP contribution in [0.25, 0.3) is 0 Å². The Bertz CT molecular complexity index is 886. The molecular weight excluding hydrogens is 348 g/mol. The van der Waals surface area contributed by atoms with Gasteiger partial charge in [-0.15, -0.1) is 0 Å². The van der Waals surface area contributed by atoms with Crippen molar-refractivity contribution in [2.75, 3.05) is 18.5 Å². The Hall–Kier alpha value is -2.92. The quantitative estimate of drug-likeness (QED) is 0.719. The fraction of sp³-hybridized carbons (Fsp3) is 0.150. The second-order valence-electron chi connectivity index (χ2n) is 5.79. The minimum absolute atomic E-state index is 0.225. The van der Waals surface area contributed by atoms with Gasteiger partial charge in [0.2, 0.25) is 0 Å². The lowest BCUT2D eigenvalue weighted by Crippen LogP contribution is -2.27. The van der Waals surface area contributed by atoms with Crippen molar-refractivity contribution >= 4 is 29.0 Å². The van der Waals surface area contributed by atoms with E-state index < -0.39 is 0 Å². The molecule has 0 fully saturated rings. The van der Waals surface area contributed by atoms with Gasteiger partial charge in [0.1, 0.15) is 17.8 Å². The second-order valence-corrected chi connectivity index (χ2v) is 6.23. The predicted octanol–water partition coefficient (Wildman–Crippen LogP) is 3.87. The number of carbonyl (C=O) groups excluding carboxylic acids is 1. The molecule has 0 spiro atoms. The van der Waals surface area contributed by atoms with Gasteiger partial charge in [-0.3, -0.25) is 4.79 Å². The van der Waals surface area contributed by atoms with Gasteiger partial charge in [0, 0.05) is 30.4 Å². The Labute approximate surface area is 157 Å². The van der Waals surface area contributed by atoms with Crippen LogP contribution in [0.15, 0.2) is 67.0 Å². The number of anilines is 2. The number of aromatic nitrogens is 2. The number of rotatable bonds is 6. The highest BCUT2D eigenvalue weighted by molar-refractivity contribution is 6.30. The van der Waals surface area contributed by atoms with Crippen LogP contribution < -0.4 is 10.2 Å². The molecule has 0 unspecified atom stereocenters. The van der Waals surface area contributed by atoms with Crippen molar-refractivity contribution in [3.8, 4) is 0 Å². The first-order chi connectivity index (χ1) is 12.6. The lowest BCUT2D eigenvalue weighted by atomic mass is 10.1. The molecule has 26 heavy (non-hydrogen) atoms. The van der Waals surface area contributed by atoms with Gasteiger partial charge >= 0.3 is 0 Å². The van der Waals surface area contributed by atoms with Crippen molar-refractivity contribution in [2.24, 2.45) is 0 Å². The maximum atomic E-state index is 12.4. The third kappa shape index (κ3) is 4.58. The minimum Gasteiger partial charge on any atom is -0.350 e. The fourth-order valence-corrected chi connectivity index (χ4v) is 2.75. The second kappa shape index (κ2) is 8.45. The summed E-state index contributed by atoms with van der Waals surface area (Å²) in [5.74, 6) is 0.434. The van der Waals surface area contributed by atoms with Crippen LogP contribution >= 0.6 is 11.6 Å². The molecule has 0 saturated heterocycles. The average molecular weight is 367 g/mol. The number of benzene rings is 2. The van der Waals surface area contributed by atoms with Gasteiger partial charge in [-0.25, -0.2) is 9.97 Å². The van der Waals surface area contributed by atoms with E-state index in [1.807, 2.05) is 66.5 Å². The van der Waals surface area contributed by atoms with E-state index in [0.717, 1.165) is 11.3 Å². The van der Waals surface area contributed by atoms with Crippen LogP contribution in [0.1, 0.15) is 16.1 Å². The standard InChI is InChI=1S/C20H19ClN4O/c1-25(17-8-3-2-4-9-17)19-13-18(23-14-24-19)20(26)22-11-10-15-6-5-7-16(21)12-15/h2-9,12-14H,10-11H2,1H3,(H,22,26). The molecular formula is C20H19ClN4O. The summed E-state index contributed by atoms with van der Waals surface area (Å²) in [5.41, 5.74) is 2.40. The molecule has 1 aromatic heterocycles. The number of carbonyl (C=O) groups is 1. The third-order valence-corrected chi connectivity index (χ3v) is 4.20. The monoisotopic (exact) mass is 366 g/mol. The van der Waals surface area contributed by atoms with Crippen LogP contribution in [0.5, 0.6) is 0 Å². The topological polar surface area (TPSA) is 58.1 Å². The van der Waals surface area contributed by atoms with Gasteiger partial charge in [-0.1, -0.05) is 41.9 Å². The van der Waals surface area contributed by atoms with E-state index in [2.05, 4.69) is 15.3 Å². The number of nitrogens with zero attached hydrogens (tertiary/aromatic N) is 3. The molecule has 2 aromatic carbocycles. The van der Waals surface area contributed by atoms with E-state index in [9.17, 15) is 4.79 Å². The van der Waals surface area contributed by atoms with Gasteiger partial charge in [0.15, 0.2) is 0 Å². The summed E-state index contributed by atoms with van der Waals surface area (Å²) in [6, 6.07) is 19.1. The molecule has 3 aromatic rings. The predicted molar refractivity (Wildman–Crippen MR) is 104 cm³/mol. The number of hydrogen-bond acceptors (Lipinski definition) is 4. The Morgan fingerprint density at radius 1 is 1.08 bits per heavy atom. The van der Waals surface area contributed by atoms with Crippen molar-refractivity contribution in [1.29, 1.82) is 0 Å². The molecule has 6 heteroatoms. The van der Waals surface area contributed by atoms with E-state index in [4.69, 9.17) is 11.6 Å². The van der Waals surface area contributed by atoms with Crippen molar-refractivity contribution in [1.82, 2.24) is 15.3 Å². The first-order valence-electron chi connectivity index (χ1n) is 8.27. The summed E-state index contributed by atoms with van der Waals surface area (Å²) in [7, 11) is 1.90. The van der Waals surface area contributed by atoms with Gasteiger partial charge < -0.3 is 10.2 Å². The summed E-state index contributed by atoms with van der Waals surface area (Å²) in [5, 5.41) is 3.57. The van der Waals surface area contributed by atoms with E-state index in [1.165, 1.54) is 6.33 Å². The van der Waals surface area contributed by atoms with Crippen LogP contribution in [0.4, 0.5) is 11.5 Å². The van der Waals surface area contributed by atoms with E-state index in [0.29, 0.717) is 29.5 Å². The van der Waals surface area contributed by atoms with Crippen LogP contribution in [-0.4, -0.2) is 29.5 Å². The lowest BCUT2D eigenvalue weighted by molar-refractivity contribution is 0.0949. The average Bonchev–Trinajstić information content (AvgIpc) is 2.68. The zero-order chi connectivity index (χ0) is 18.4. The summed E-state index contributed by atoms with van der Waals surface area (Å²) < 4.78 is 0. The number of amides is 1. The molecule has 1 N–H and O–H groups in total. The van der Waals surface area contributed by atoms with Crippen molar-refractivity contribution in [2.45, 2.75) is 6.42 Å². The molecule has 0 saturated carbocycles. The number of nitrogens with one attached hydrogen (secondary N) is 1. The van der Waals surface area contributed by atoms with Gasteiger partial charge in [0.25, 0.3) is 5.91 Å². The Morgan fingerprint density at radius 2 is 1.88 bits per heavy atom. The first kappa shape index (κ1) is 17.9. The lowest BCUT2D eigenvalue weighted by Gasteiger charge is -2.18. The van der Waals surface area contributed by atoms with Crippen LogP contribution in [-0.2, 0) is 6.42 Å². The van der Waals surface area contributed by atoms with Crippen LogP contribution in [0.2, 0.25) is 5.02 Å². The molecule has 0 atom stereocenters. The van der Waals surface area contributed by atoms with E-state index in [1.54, 1.807) is 6.07 Å². The maximum absolute atomic E-state index is 12.4. The molecule has 0 bridgehead atoms. The largest absolute Gasteiger partial charge is 0.350 e. The smallest absolute Gasteiger partial charge is 0.270 e. The van der Waals surface area contributed by atoms with Crippen LogP contribution in [0.3, 0.4) is 0 Å². The maximum Gasteiger partial charge on any atom is 0.270 e. The number of para-hydroxylation sites is 1. The van der Waals surface area contributed by atoms with Gasteiger partial charge in [0.05, 0.1) is 0 Å². The Morgan fingerprint density at radius 3 is 2.65 bits per heavy atom. The minimum atomic E-state index is -0.225. The molecule has 0 radical (unpaired) electrons. The fourth-order valence-electron chi connectivity index (χ4n) is 2.54. The molecule has 0 aliphatic rings. The molecule has 1 amide bonds. The van der Waals surface area contributed by atoms with Crippen LogP contribution in [0, 0.1) is 0 Å². The summed E-state index contributed by atoms with van der Waals surface area (Å²) in [6.07, 6.45) is 2.11. The Balaban J connectivity index is 1.63. The van der Waals surface area contributed by atoms with Crippen molar-refractivity contribution in [3.05, 3.63) is 83.3 Å². The SMILES string of the molecule is CN(c1ccccc1)c1cc(C(=O)NCCc2cccc(Cl)c2)ncn1. The molecule has 0 aliphatic heterocycles. The molecule has 132 valence electrons. The zero-order valence-electron chi connectivity index (χ0n) is 14.4. The normalized spacial score (nSPS) is 10.4. The zero-order valence-corrected chi connectivity index (χ0v) is 15.1. The molecule has 0 aliphatic carbocycles. The highest BCUT2D eigenvalue weighted by Gasteiger charge is 2.11.